The van der Waals surface area contributed by atoms with Crippen LogP contribution in [0, 0.1) is 0 Å². The number of aromatic amines is 1. The topological polar surface area (TPSA) is 118 Å². The number of carbonyl (C=O) groups is 1. The van der Waals surface area contributed by atoms with Crippen molar-refractivity contribution in [1.29, 1.82) is 0 Å². The number of nitrogens with zero attached hydrogens (tertiary/aromatic N) is 1. The number of benzene rings is 3. The van der Waals surface area contributed by atoms with Crippen LogP contribution in [0.4, 0.5) is 13.2 Å². The zero-order valence-corrected chi connectivity index (χ0v) is 27.4. The van der Waals surface area contributed by atoms with E-state index in [1.165, 1.54) is 48.9 Å². The second kappa shape index (κ2) is 12.3. The first-order valence-corrected chi connectivity index (χ1v) is 16.4. The number of nitrogens with one attached hydrogen (secondary N) is 1. The van der Waals surface area contributed by atoms with Gasteiger partial charge in [-0.25, -0.2) is 17.2 Å². The largest absolute Gasteiger partial charge is 0.475 e. The molecule has 7 rings (SSSR count). The van der Waals surface area contributed by atoms with Gasteiger partial charge in [0.25, 0.3) is 10.0 Å². The lowest BCUT2D eigenvalue weighted by molar-refractivity contribution is -0.137. The van der Waals surface area contributed by atoms with E-state index in [2.05, 4.69) is 34.7 Å². The average Bonchev–Trinajstić information content (AvgIpc) is 3.85. The molecule has 0 amide bonds. The minimum atomic E-state index is -4.60. The maximum Gasteiger partial charge on any atom is 0.416 e. The summed E-state index contributed by atoms with van der Waals surface area (Å²) < 4.78 is 80.0. The summed E-state index contributed by atoms with van der Waals surface area (Å²) in [6, 6.07) is 24.3. The van der Waals surface area contributed by atoms with Crippen molar-refractivity contribution in [1.82, 2.24) is 8.96 Å². The summed E-state index contributed by atoms with van der Waals surface area (Å²) in [5, 5.41) is 8.98. The van der Waals surface area contributed by atoms with Gasteiger partial charge < -0.3 is 18.9 Å². The zero-order chi connectivity index (χ0) is 34.4. The predicted molar refractivity (Wildman–Crippen MR) is 182 cm³/mol. The van der Waals surface area contributed by atoms with Gasteiger partial charge in [-0.05, 0) is 79.2 Å². The lowest BCUT2D eigenvalue weighted by Gasteiger charge is -2.19. The van der Waals surface area contributed by atoms with Gasteiger partial charge >= 0.3 is 12.1 Å². The Labute approximate surface area is 282 Å². The van der Waals surface area contributed by atoms with Crippen molar-refractivity contribution < 1.29 is 40.3 Å². The third-order valence-electron chi connectivity index (χ3n) is 7.47. The fraction of sp³-hybridized carbons (Fsp3) is 0.0882. The van der Waals surface area contributed by atoms with Crippen LogP contribution in [-0.4, -0.2) is 28.5 Å². The molecule has 0 bridgehead atoms. The van der Waals surface area contributed by atoms with Crippen LogP contribution >= 0.6 is 25.3 Å². The molecular weight excluding hydrogens is 686 g/mol. The van der Waals surface area contributed by atoms with Crippen LogP contribution in [0.5, 0.6) is 0 Å². The van der Waals surface area contributed by atoms with Crippen molar-refractivity contribution in [2.75, 3.05) is 0 Å². The Morgan fingerprint density at radius 3 is 2.21 bits per heavy atom. The molecule has 0 radical (unpaired) electrons. The molecular formula is C34H25F3N2O6S3. The Bertz CT molecular complexity index is 2370. The van der Waals surface area contributed by atoms with E-state index < -0.39 is 31.8 Å². The van der Waals surface area contributed by atoms with E-state index in [0.29, 0.717) is 33.5 Å². The van der Waals surface area contributed by atoms with Crippen LogP contribution in [-0.2, 0) is 20.3 Å². The summed E-state index contributed by atoms with van der Waals surface area (Å²) in [6.07, 6.45) is -1.79. The lowest BCUT2D eigenvalue weighted by Crippen LogP contribution is -2.15. The number of halogens is 3. The van der Waals surface area contributed by atoms with Crippen LogP contribution in [0.3, 0.4) is 0 Å². The van der Waals surface area contributed by atoms with Crippen LogP contribution in [0.2, 0.25) is 0 Å². The van der Waals surface area contributed by atoms with E-state index in [1.807, 2.05) is 18.2 Å². The quantitative estimate of drug-likeness (QED) is 0.101. The third kappa shape index (κ3) is 6.25. The molecule has 0 spiro atoms. The first-order chi connectivity index (χ1) is 22.7. The molecule has 4 heterocycles. The average molecular weight is 711 g/mol. The van der Waals surface area contributed by atoms with Gasteiger partial charge in [0, 0.05) is 21.9 Å². The summed E-state index contributed by atoms with van der Waals surface area (Å²) in [6.45, 7) is 1.71. The van der Waals surface area contributed by atoms with Gasteiger partial charge in [-0.3, -0.25) is 0 Å². The van der Waals surface area contributed by atoms with Gasteiger partial charge in [-0.1, -0.05) is 30.3 Å². The number of fused-ring (bicyclic) bond motifs is 2. The Morgan fingerprint density at radius 2 is 1.58 bits per heavy atom. The number of hydrogen-bond donors (Lipinski definition) is 4. The van der Waals surface area contributed by atoms with E-state index in [-0.39, 0.29) is 27.3 Å². The molecule has 0 unspecified atom stereocenters. The fourth-order valence-electron chi connectivity index (χ4n) is 5.27. The maximum absolute atomic E-state index is 14.4. The lowest BCUT2D eigenvalue weighted by atomic mass is 10.1. The molecule has 8 nitrogen and oxygen atoms in total. The Balaban J connectivity index is 0.000000441. The fourth-order valence-corrected chi connectivity index (χ4v) is 7.11. The number of alkyl halides is 3. The van der Waals surface area contributed by atoms with Gasteiger partial charge in [-0.15, -0.1) is 0 Å². The number of carboxylic acids is 1. The minimum absolute atomic E-state index is 0.0231. The van der Waals surface area contributed by atoms with Gasteiger partial charge in [0.1, 0.15) is 0 Å². The predicted octanol–water partition coefficient (Wildman–Crippen LogP) is 9.32. The van der Waals surface area contributed by atoms with Crippen LogP contribution < -0.4 is 0 Å². The van der Waals surface area contributed by atoms with E-state index in [4.69, 9.17) is 9.52 Å². The highest BCUT2D eigenvalue weighted by Crippen LogP contribution is 2.43. The molecule has 0 atom stereocenters. The molecule has 3 aromatic carbocycles. The van der Waals surface area contributed by atoms with E-state index in [1.54, 1.807) is 37.3 Å². The van der Waals surface area contributed by atoms with Gasteiger partial charge in [-0.2, -0.15) is 38.4 Å². The monoisotopic (exact) mass is 710 g/mol. The van der Waals surface area contributed by atoms with Crippen molar-refractivity contribution in [3.05, 3.63) is 126 Å². The minimum Gasteiger partial charge on any atom is -0.475 e. The summed E-state index contributed by atoms with van der Waals surface area (Å²) in [4.78, 5) is 13.2. The standard InChI is InChI=1S/C29H21F3N2O3S3.C5H4O3/c1-28(38,39)18-6-4-7-20(16-18)40(35,36)34-23-12-11-19(29(30,31)32)14-17(23)15-24(34)26-21-8-2-3-9-22(21)33-27(26)25-10-5-13-37-25;6-5(7)4-2-1-3-8-4/h2-16,33,38-39H,1H3;1-3H,(H,6,7). The molecule has 48 heavy (non-hydrogen) atoms. The van der Waals surface area contributed by atoms with Crippen LogP contribution in [0.1, 0.15) is 28.6 Å². The zero-order valence-electron chi connectivity index (χ0n) is 24.8. The molecule has 2 N–H and O–H groups in total. The number of aromatic nitrogens is 2. The Hall–Kier alpha value is -4.79. The molecule has 4 aromatic heterocycles. The van der Waals surface area contributed by atoms with E-state index in [0.717, 1.165) is 16.1 Å². The first kappa shape index (κ1) is 33.1. The summed E-state index contributed by atoms with van der Waals surface area (Å²) in [7, 11) is -4.34. The number of rotatable bonds is 6. The number of furan rings is 2. The number of para-hydroxylation sites is 1. The number of aromatic carboxylic acids is 1. The van der Waals surface area contributed by atoms with Crippen molar-refractivity contribution in [2.24, 2.45) is 0 Å². The van der Waals surface area contributed by atoms with Gasteiger partial charge in [0.2, 0.25) is 5.76 Å². The Morgan fingerprint density at radius 1 is 0.854 bits per heavy atom. The van der Waals surface area contributed by atoms with Crippen LogP contribution in [0.15, 0.2) is 123 Å². The highest BCUT2D eigenvalue weighted by molar-refractivity contribution is 7.99. The first-order valence-electron chi connectivity index (χ1n) is 14.1. The number of thiol groups is 2. The van der Waals surface area contributed by atoms with Crippen molar-refractivity contribution >= 4 is 63.1 Å². The number of hydrogen-bond acceptors (Lipinski definition) is 7. The molecule has 0 fully saturated rings. The Kier molecular flexibility index (Phi) is 8.52. The number of carboxylic acid groups (broad SMARTS) is 1. The highest BCUT2D eigenvalue weighted by atomic mass is 32.2. The molecule has 246 valence electrons. The molecule has 0 aliphatic carbocycles. The van der Waals surface area contributed by atoms with Crippen LogP contribution in [0.25, 0.3) is 44.5 Å². The van der Waals surface area contributed by atoms with Gasteiger partial charge in [0.15, 0.2) is 5.76 Å². The molecule has 0 aliphatic heterocycles. The maximum atomic E-state index is 14.4. The molecule has 14 heteroatoms. The smallest absolute Gasteiger partial charge is 0.416 e. The van der Waals surface area contributed by atoms with Crippen molar-refractivity contribution in [2.45, 2.75) is 22.1 Å². The molecule has 0 saturated carbocycles. The molecule has 0 saturated heterocycles. The summed E-state index contributed by atoms with van der Waals surface area (Å²) in [5.74, 6) is -0.612. The summed E-state index contributed by atoms with van der Waals surface area (Å²) in [5.41, 5.74) is 1.62. The molecule has 7 aromatic rings. The molecule has 0 aliphatic rings. The second-order valence-electron chi connectivity index (χ2n) is 10.8. The van der Waals surface area contributed by atoms with Gasteiger partial charge in [0.05, 0.1) is 44.0 Å². The summed E-state index contributed by atoms with van der Waals surface area (Å²) >= 11 is 8.92. The van der Waals surface area contributed by atoms with E-state index >= 15 is 0 Å². The third-order valence-corrected chi connectivity index (χ3v) is 9.71. The highest BCUT2D eigenvalue weighted by Gasteiger charge is 2.33. The van der Waals surface area contributed by atoms with Crippen molar-refractivity contribution in [3.8, 4) is 22.7 Å². The second-order valence-corrected chi connectivity index (χ2v) is 14.7. The SMILES string of the molecule is CC(S)(S)c1cccc(S(=O)(=O)n2c(-c3c(-c4ccco4)[nH]c4ccccc34)cc3cc(C(F)(F)F)ccc32)c1.O=C(O)c1ccco1. The number of H-pyrrole nitrogens is 1. The van der Waals surface area contributed by atoms with E-state index in [9.17, 15) is 26.4 Å². The van der Waals surface area contributed by atoms with Crippen molar-refractivity contribution in [3.63, 3.8) is 0 Å². The normalized spacial score (nSPS) is 12.3.